The summed E-state index contributed by atoms with van der Waals surface area (Å²) < 4.78 is 36.7. The van der Waals surface area contributed by atoms with Crippen molar-refractivity contribution in [3.05, 3.63) is 52.8 Å². The van der Waals surface area contributed by atoms with E-state index in [1.165, 1.54) is 42.3 Å². The molecular weight excluding hydrogens is 429 g/mol. The summed E-state index contributed by atoms with van der Waals surface area (Å²) in [7, 11) is -2.40. The molecule has 0 aliphatic carbocycles. The summed E-state index contributed by atoms with van der Waals surface area (Å²) in [6.45, 7) is 0. The molecule has 0 aromatic heterocycles. The normalized spacial score (nSPS) is 15.1. The summed E-state index contributed by atoms with van der Waals surface area (Å²) >= 11 is 10.8. The number of anilines is 2. The molecule has 0 unspecified atom stereocenters. The average molecular weight is 442 g/mol. The number of nitrogens with zero attached hydrogens (tertiary/aromatic N) is 3. The molecule has 0 spiro atoms. The zero-order chi connectivity index (χ0) is 20.8. The molecule has 3 rings (SSSR count). The van der Waals surface area contributed by atoms with Crippen LogP contribution in [-0.4, -0.2) is 32.2 Å². The van der Waals surface area contributed by atoms with Gasteiger partial charge in [0.25, 0.3) is 5.91 Å². The van der Waals surface area contributed by atoms with Crippen LogP contribution in [0.4, 0.5) is 15.8 Å². The largest absolute Gasteiger partial charge is 0.374 e. The van der Waals surface area contributed by atoms with Gasteiger partial charge in [-0.05, 0) is 48.6 Å². The minimum atomic E-state index is -3.89. The molecule has 8 nitrogen and oxygen atoms in total. The van der Waals surface area contributed by atoms with Crippen molar-refractivity contribution in [1.29, 1.82) is 0 Å². The van der Waals surface area contributed by atoms with Gasteiger partial charge in [0.2, 0.25) is 10.0 Å². The molecule has 0 saturated carbocycles. The minimum Gasteiger partial charge on any atom is -0.374 e. The summed E-state index contributed by atoms with van der Waals surface area (Å²) in [6.07, 6.45) is 0. The van der Waals surface area contributed by atoms with Crippen LogP contribution in [-0.2, 0) is 14.8 Å². The average Bonchev–Trinajstić information content (AvgIpc) is 2.83. The number of carbonyl (C=O) groups excluding carboxylic acids is 1. The fourth-order valence-electron chi connectivity index (χ4n) is 2.59. The Morgan fingerprint density at radius 2 is 1.89 bits per heavy atom. The number of benzene rings is 2. The van der Waals surface area contributed by atoms with Gasteiger partial charge in [0.05, 0.1) is 21.3 Å². The number of rotatable bonds is 3. The highest BCUT2D eigenvalue weighted by Crippen LogP contribution is 2.33. The fourth-order valence-corrected chi connectivity index (χ4v) is 3.41. The van der Waals surface area contributed by atoms with E-state index < -0.39 is 21.7 Å². The zero-order valence-electron chi connectivity index (χ0n) is 14.3. The molecule has 28 heavy (non-hydrogen) atoms. The van der Waals surface area contributed by atoms with Gasteiger partial charge in [-0.2, -0.15) is 5.10 Å². The molecule has 0 radical (unpaired) electrons. The van der Waals surface area contributed by atoms with Crippen LogP contribution in [0.1, 0.15) is 5.56 Å². The van der Waals surface area contributed by atoms with Crippen LogP contribution in [0.3, 0.4) is 0 Å². The lowest BCUT2D eigenvalue weighted by Crippen LogP contribution is -2.34. The molecular formula is C16H13ClFN5O3S2. The number of primary sulfonamides is 1. The van der Waals surface area contributed by atoms with Gasteiger partial charge in [0.1, 0.15) is 5.82 Å². The minimum absolute atomic E-state index is 0.101. The first-order valence-electron chi connectivity index (χ1n) is 7.59. The van der Waals surface area contributed by atoms with Gasteiger partial charge in [0, 0.05) is 12.6 Å². The van der Waals surface area contributed by atoms with E-state index in [1.807, 2.05) is 0 Å². The number of amides is 1. The van der Waals surface area contributed by atoms with Gasteiger partial charge in [-0.3, -0.25) is 4.79 Å². The molecule has 2 aromatic rings. The highest BCUT2D eigenvalue weighted by atomic mass is 35.5. The van der Waals surface area contributed by atoms with E-state index in [0.717, 1.165) is 11.1 Å². The summed E-state index contributed by atoms with van der Waals surface area (Å²) in [5.74, 6) is -1.23. The van der Waals surface area contributed by atoms with E-state index in [1.54, 1.807) is 0 Å². The van der Waals surface area contributed by atoms with Gasteiger partial charge in [-0.25, -0.2) is 23.0 Å². The van der Waals surface area contributed by atoms with Crippen LogP contribution in [0.15, 0.2) is 46.4 Å². The molecule has 0 bridgehead atoms. The second-order valence-electron chi connectivity index (χ2n) is 5.79. The highest BCUT2D eigenvalue weighted by molar-refractivity contribution is 7.89. The number of fused-ring (bicyclic) bond motifs is 1. The van der Waals surface area contributed by atoms with Crippen molar-refractivity contribution in [2.75, 3.05) is 17.0 Å². The predicted molar refractivity (Wildman–Crippen MR) is 108 cm³/mol. The summed E-state index contributed by atoms with van der Waals surface area (Å²) in [5, 5.41) is 9.97. The molecule has 1 amide bonds. The molecule has 146 valence electrons. The maximum absolute atomic E-state index is 13.9. The van der Waals surface area contributed by atoms with Crippen molar-refractivity contribution < 1.29 is 17.6 Å². The Morgan fingerprint density at radius 1 is 1.29 bits per heavy atom. The van der Waals surface area contributed by atoms with Crippen molar-refractivity contribution in [3.8, 4) is 0 Å². The lowest BCUT2D eigenvalue weighted by atomic mass is 10.1. The molecule has 4 N–H and O–H groups in total. The Labute approximate surface area is 170 Å². The van der Waals surface area contributed by atoms with Gasteiger partial charge in [0.15, 0.2) is 10.8 Å². The van der Waals surface area contributed by atoms with E-state index in [9.17, 15) is 17.6 Å². The van der Waals surface area contributed by atoms with Gasteiger partial charge in [-0.1, -0.05) is 11.6 Å². The number of halogens is 2. The molecule has 1 aliphatic heterocycles. The number of hydrazone groups is 1. The summed E-state index contributed by atoms with van der Waals surface area (Å²) in [5.41, 5.74) is 6.49. The molecule has 0 atom stereocenters. The third-order valence-corrected chi connectivity index (χ3v) is 5.37. The van der Waals surface area contributed by atoms with Crippen molar-refractivity contribution in [2.24, 2.45) is 16.0 Å². The first-order valence-corrected chi connectivity index (χ1v) is 9.92. The molecule has 0 fully saturated rings. The number of hydrogen-bond acceptors (Lipinski definition) is 5. The second kappa shape index (κ2) is 7.09. The van der Waals surface area contributed by atoms with Gasteiger partial charge >= 0.3 is 0 Å². The van der Waals surface area contributed by atoms with Crippen LogP contribution in [0.25, 0.3) is 0 Å². The summed E-state index contributed by atoms with van der Waals surface area (Å²) in [6, 6.07) is 7.64. The van der Waals surface area contributed by atoms with E-state index in [2.05, 4.69) is 5.10 Å². The Morgan fingerprint density at radius 3 is 2.43 bits per heavy atom. The van der Waals surface area contributed by atoms with Crippen molar-refractivity contribution in [3.63, 3.8) is 0 Å². The van der Waals surface area contributed by atoms with E-state index in [0.29, 0.717) is 5.69 Å². The highest BCUT2D eigenvalue weighted by Gasteiger charge is 2.34. The SMILES string of the molecule is CN1C(=O)/C(=N\N(C(N)=S)c2ccc(S(N)(=O)=O)cc2)c2cc(F)c(Cl)cc21. The first kappa shape index (κ1) is 20.1. The van der Waals surface area contributed by atoms with Crippen LogP contribution < -0.4 is 20.8 Å². The number of carbonyl (C=O) groups is 1. The Hall–Kier alpha value is -2.60. The van der Waals surface area contributed by atoms with E-state index in [-0.39, 0.29) is 32.0 Å². The monoisotopic (exact) mass is 441 g/mol. The topological polar surface area (TPSA) is 122 Å². The smallest absolute Gasteiger partial charge is 0.279 e. The maximum atomic E-state index is 13.9. The van der Waals surface area contributed by atoms with Gasteiger partial charge in [-0.15, -0.1) is 0 Å². The lowest BCUT2D eigenvalue weighted by molar-refractivity contribution is -0.111. The standard InChI is InChI=1S/C16H13ClFN5O3S2/c1-22-13-7-11(17)12(18)6-10(13)14(15(22)24)21-23(16(19)27)8-2-4-9(5-3-8)28(20,25)26/h2-7H,1H3,(H2,19,27)(H2,20,25,26)/b21-14-. The lowest BCUT2D eigenvalue weighted by Gasteiger charge is -2.18. The molecule has 12 heteroatoms. The number of likely N-dealkylation sites (N-methyl/N-ethyl adjacent to an activating group) is 1. The first-order chi connectivity index (χ1) is 13.0. The molecule has 1 aliphatic rings. The third-order valence-electron chi connectivity index (χ3n) is 3.98. The quantitative estimate of drug-likeness (QED) is 0.550. The Bertz CT molecular complexity index is 1140. The summed E-state index contributed by atoms with van der Waals surface area (Å²) in [4.78, 5) is 13.7. The van der Waals surface area contributed by atoms with E-state index >= 15 is 0 Å². The van der Waals surface area contributed by atoms with Crippen molar-refractivity contribution in [1.82, 2.24) is 0 Å². The van der Waals surface area contributed by atoms with Crippen molar-refractivity contribution >= 4 is 61.9 Å². The number of hydrogen-bond donors (Lipinski definition) is 2. The number of thiocarbonyl (C=S) groups is 1. The molecule has 2 aromatic carbocycles. The van der Waals surface area contributed by atoms with E-state index in [4.69, 9.17) is 34.7 Å². The number of nitrogens with two attached hydrogens (primary N) is 2. The van der Waals surface area contributed by atoms with Gasteiger partial charge < -0.3 is 10.6 Å². The number of sulfonamides is 1. The second-order valence-corrected chi connectivity index (χ2v) is 8.17. The zero-order valence-corrected chi connectivity index (χ0v) is 16.6. The molecule has 1 heterocycles. The van der Waals surface area contributed by atoms with Crippen LogP contribution in [0.2, 0.25) is 5.02 Å². The van der Waals surface area contributed by atoms with Crippen LogP contribution >= 0.6 is 23.8 Å². The van der Waals surface area contributed by atoms with Crippen LogP contribution in [0, 0.1) is 5.82 Å². The van der Waals surface area contributed by atoms with Crippen molar-refractivity contribution in [2.45, 2.75) is 4.90 Å². The maximum Gasteiger partial charge on any atom is 0.279 e. The Kier molecular flexibility index (Phi) is 5.10. The fraction of sp³-hybridized carbons (Fsp3) is 0.0625. The third kappa shape index (κ3) is 3.56. The Balaban J connectivity index is 2.10. The van der Waals surface area contributed by atoms with Crippen LogP contribution in [0.5, 0.6) is 0 Å². The predicted octanol–water partition coefficient (Wildman–Crippen LogP) is 1.56. The molecule has 0 saturated heterocycles.